The number of fused-ring (bicyclic) bond motifs is 1. The molecule has 6 heteroatoms. The van der Waals surface area contributed by atoms with Crippen LogP contribution in [0.15, 0.2) is 53.4 Å². The van der Waals surface area contributed by atoms with Crippen molar-refractivity contribution in [2.75, 3.05) is 6.54 Å². The number of carbonyl (C=O) groups excluding carboxylic acids is 1. The van der Waals surface area contributed by atoms with Gasteiger partial charge in [0.2, 0.25) is 10.0 Å². The maximum Gasteiger partial charge on any atom is 0.251 e. The van der Waals surface area contributed by atoms with E-state index in [1.165, 1.54) is 15.9 Å². The third-order valence-corrected chi connectivity index (χ3v) is 6.16. The number of benzene rings is 2. The van der Waals surface area contributed by atoms with Gasteiger partial charge in [-0.25, -0.2) is 8.42 Å². The van der Waals surface area contributed by atoms with Crippen LogP contribution in [0.25, 0.3) is 0 Å². The van der Waals surface area contributed by atoms with Crippen LogP contribution >= 0.6 is 0 Å². The van der Waals surface area contributed by atoms with Gasteiger partial charge in [-0.3, -0.25) is 4.79 Å². The first-order valence-corrected chi connectivity index (χ1v) is 10.1. The van der Waals surface area contributed by atoms with Crippen molar-refractivity contribution in [2.24, 2.45) is 0 Å². The smallest absolute Gasteiger partial charge is 0.251 e. The highest BCUT2D eigenvalue weighted by molar-refractivity contribution is 7.89. The topological polar surface area (TPSA) is 66.5 Å². The zero-order valence-electron chi connectivity index (χ0n) is 15.3. The van der Waals surface area contributed by atoms with E-state index in [1.807, 2.05) is 45.0 Å². The molecular formula is C20H24N2O3S. The monoisotopic (exact) mass is 372 g/mol. The van der Waals surface area contributed by atoms with E-state index in [1.54, 1.807) is 18.2 Å². The summed E-state index contributed by atoms with van der Waals surface area (Å²) in [6, 6.07) is 14.1. The molecule has 2 aromatic carbocycles. The van der Waals surface area contributed by atoms with Gasteiger partial charge in [-0.1, -0.05) is 30.3 Å². The molecule has 1 heterocycles. The molecule has 0 saturated carbocycles. The van der Waals surface area contributed by atoms with Crippen LogP contribution in [0.2, 0.25) is 0 Å². The van der Waals surface area contributed by atoms with Gasteiger partial charge in [-0.2, -0.15) is 4.31 Å². The highest BCUT2D eigenvalue weighted by Gasteiger charge is 2.28. The van der Waals surface area contributed by atoms with Gasteiger partial charge >= 0.3 is 0 Å². The van der Waals surface area contributed by atoms with Crippen LogP contribution in [0.4, 0.5) is 0 Å². The highest BCUT2D eigenvalue weighted by atomic mass is 32.2. The molecule has 0 aliphatic carbocycles. The van der Waals surface area contributed by atoms with Crippen molar-refractivity contribution in [3.8, 4) is 0 Å². The van der Waals surface area contributed by atoms with E-state index in [0.29, 0.717) is 25.1 Å². The van der Waals surface area contributed by atoms with Gasteiger partial charge in [-0.15, -0.1) is 0 Å². The minimum absolute atomic E-state index is 0.151. The van der Waals surface area contributed by atoms with Crippen LogP contribution in [0.5, 0.6) is 0 Å². The molecule has 0 atom stereocenters. The Morgan fingerprint density at radius 2 is 1.73 bits per heavy atom. The van der Waals surface area contributed by atoms with Crippen molar-refractivity contribution in [1.29, 1.82) is 0 Å². The molecule has 1 aliphatic rings. The minimum atomic E-state index is -3.65. The summed E-state index contributed by atoms with van der Waals surface area (Å²) >= 11 is 0. The number of hydrogen-bond donors (Lipinski definition) is 1. The van der Waals surface area contributed by atoms with E-state index in [2.05, 4.69) is 5.32 Å². The Morgan fingerprint density at radius 1 is 1.04 bits per heavy atom. The first-order chi connectivity index (χ1) is 12.2. The Labute approximate surface area is 155 Å². The molecule has 0 aromatic heterocycles. The van der Waals surface area contributed by atoms with E-state index in [0.717, 1.165) is 5.56 Å². The summed E-state index contributed by atoms with van der Waals surface area (Å²) in [5, 5.41) is 2.86. The van der Waals surface area contributed by atoms with Gasteiger partial charge < -0.3 is 5.32 Å². The van der Waals surface area contributed by atoms with Crippen LogP contribution in [-0.2, 0) is 23.0 Å². The number of nitrogens with one attached hydrogen (secondary N) is 1. The second-order valence-corrected chi connectivity index (χ2v) is 9.53. The molecule has 0 fully saturated rings. The summed E-state index contributed by atoms with van der Waals surface area (Å²) in [6.45, 7) is 6.46. The molecule has 2 aromatic rings. The van der Waals surface area contributed by atoms with Gasteiger partial charge in [-0.05, 0) is 56.5 Å². The predicted octanol–water partition coefficient (Wildman–Crippen LogP) is 2.96. The number of amides is 1. The summed E-state index contributed by atoms with van der Waals surface area (Å²) in [7, 11) is -3.65. The maximum absolute atomic E-state index is 13.1. The fraction of sp³-hybridized carbons (Fsp3) is 0.350. The van der Waals surface area contributed by atoms with Crippen molar-refractivity contribution in [1.82, 2.24) is 9.62 Å². The van der Waals surface area contributed by atoms with E-state index in [9.17, 15) is 13.2 Å². The number of hydrogen-bond acceptors (Lipinski definition) is 3. The second kappa shape index (κ2) is 6.85. The summed E-state index contributed by atoms with van der Waals surface area (Å²) in [4.78, 5) is 12.5. The Bertz CT molecular complexity index is 930. The standard InChI is InChI=1S/C20H24N2O3S/c1-20(2,3)21-19(23)16-9-6-10-18(13-16)26(24,25)22-12-11-15-7-4-5-8-17(15)14-22/h4-10,13H,11-12,14H2,1-3H3,(H,21,23). The summed E-state index contributed by atoms with van der Waals surface area (Å²) < 4.78 is 27.6. The highest BCUT2D eigenvalue weighted by Crippen LogP contribution is 2.25. The lowest BCUT2D eigenvalue weighted by atomic mass is 10.0. The summed E-state index contributed by atoms with van der Waals surface area (Å²) in [5.74, 6) is -0.279. The Balaban J connectivity index is 1.87. The minimum Gasteiger partial charge on any atom is -0.347 e. The summed E-state index contributed by atoms with van der Waals surface area (Å²) in [6.07, 6.45) is 0.694. The van der Waals surface area contributed by atoms with Gasteiger partial charge in [0.25, 0.3) is 5.91 Å². The van der Waals surface area contributed by atoms with Crippen LogP contribution in [0.3, 0.4) is 0 Å². The van der Waals surface area contributed by atoms with Crippen LogP contribution in [0.1, 0.15) is 42.3 Å². The SMILES string of the molecule is CC(C)(C)NC(=O)c1cccc(S(=O)(=O)N2CCc3ccccc3C2)c1. The van der Waals surface area contributed by atoms with Gasteiger partial charge in [0.05, 0.1) is 4.90 Å². The van der Waals surface area contributed by atoms with Crippen LogP contribution in [0, 0.1) is 0 Å². The molecule has 1 amide bonds. The van der Waals surface area contributed by atoms with Crippen LogP contribution < -0.4 is 5.32 Å². The van der Waals surface area contributed by atoms with Crippen molar-refractivity contribution >= 4 is 15.9 Å². The quantitative estimate of drug-likeness (QED) is 0.901. The lowest BCUT2D eigenvalue weighted by Gasteiger charge is -2.28. The zero-order valence-corrected chi connectivity index (χ0v) is 16.1. The molecule has 1 aliphatic heterocycles. The molecular weight excluding hydrogens is 348 g/mol. The molecule has 0 spiro atoms. The zero-order chi connectivity index (χ0) is 18.9. The average molecular weight is 372 g/mol. The second-order valence-electron chi connectivity index (χ2n) is 7.59. The lowest BCUT2D eigenvalue weighted by molar-refractivity contribution is 0.0919. The molecule has 1 N–H and O–H groups in total. The third-order valence-electron chi connectivity index (χ3n) is 4.32. The van der Waals surface area contributed by atoms with E-state index < -0.39 is 10.0 Å². The predicted molar refractivity (Wildman–Crippen MR) is 101 cm³/mol. The lowest BCUT2D eigenvalue weighted by Crippen LogP contribution is -2.40. The molecule has 138 valence electrons. The fourth-order valence-electron chi connectivity index (χ4n) is 3.03. The molecule has 0 bridgehead atoms. The Morgan fingerprint density at radius 3 is 2.42 bits per heavy atom. The third kappa shape index (κ3) is 3.97. The van der Waals surface area contributed by atoms with Gasteiger partial charge in [0, 0.05) is 24.2 Å². The molecule has 0 radical (unpaired) electrons. The number of carbonyl (C=O) groups is 1. The van der Waals surface area contributed by atoms with Crippen LogP contribution in [-0.4, -0.2) is 30.7 Å². The van der Waals surface area contributed by atoms with Gasteiger partial charge in [0.15, 0.2) is 0 Å². The van der Waals surface area contributed by atoms with Gasteiger partial charge in [0.1, 0.15) is 0 Å². The van der Waals surface area contributed by atoms with Crippen molar-refractivity contribution in [2.45, 2.75) is 44.2 Å². The van der Waals surface area contributed by atoms with E-state index >= 15 is 0 Å². The average Bonchev–Trinajstić information content (AvgIpc) is 2.60. The summed E-state index contributed by atoms with van der Waals surface area (Å²) in [5.41, 5.74) is 2.18. The Hall–Kier alpha value is -2.18. The molecule has 0 saturated heterocycles. The molecule has 0 unspecified atom stereocenters. The van der Waals surface area contributed by atoms with Crippen molar-refractivity contribution in [3.05, 3.63) is 65.2 Å². The number of rotatable bonds is 3. The molecule has 3 rings (SSSR count). The first-order valence-electron chi connectivity index (χ1n) is 8.66. The maximum atomic E-state index is 13.1. The van der Waals surface area contributed by atoms with Crippen molar-refractivity contribution in [3.63, 3.8) is 0 Å². The molecule has 5 nitrogen and oxygen atoms in total. The van der Waals surface area contributed by atoms with E-state index in [4.69, 9.17) is 0 Å². The molecule has 26 heavy (non-hydrogen) atoms. The van der Waals surface area contributed by atoms with Crippen molar-refractivity contribution < 1.29 is 13.2 Å². The number of nitrogens with zero attached hydrogens (tertiary/aromatic N) is 1. The fourth-order valence-corrected chi connectivity index (χ4v) is 4.50. The van der Waals surface area contributed by atoms with E-state index in [-0.39, 0.29) is 16.3 Å². The Kier molecular flexibility index (Phi) is 4.90. The normalized spacial score (nSPS) is 15.3. The number of sulfonamides is 1. The largest absolute Gasteiger partial charge is 0.347 e. The first kappa shape index (κ1) is 18.6.